The molecule has 0 aliphatic rings. The first kappa shape index (κ1) is 11.8. The standard InChI is InChI=1S/C11H10BrN3O2/c1-7-3-14-10(17-7)6-15-11(16)8-2-9(12)5-13-4-8/h2-5H,6H2,1H3,(H,15,16). The number of halogens is 1. The van der Waals surface area contributed by atoms with Gasteiger partial charge in [-0.25, -0.2) is 4.98 Å². The molecule has 88 valence electrons. The van der Waals surface area contributed by atoms with E-state index in [1.165, 1.54) is 6.20 Å². The van der Waals surface area contributed by atoms with Gasteiger partial charge in [-0.1, -0.05) is 0 Å². The van der Waals surface area contributed by atoms with Gasteiger partial charge in [0.2, 0.25) is 5.89 Å². The molecule has 0 bridgehead atoms. The Morgan fingerprint density at radius 2 is 2.29 bits per heavy atom. The van der Waals surface area contributed by atoms with Crippen LogP contribution in [0.1, 0.15) is 22.0 Å². The minimum atomic E-state index is -0.213. The van der Waals surface area contributed by atoms with Crippen LogP contribution < -0.4 is 5.32 Å². The maximum absolute atomic E-state index is 11.7. The normalized spacial score (nSPS) is 10.2. The van der Waals surface area contributed by atoms with Gasteiger partial charge in [0.25, 0.3) is 5.91 Å². The summed E-state index contributed by atoms with van der Waals surface area (Å²) in [7, 11) is 0. The van der Waals surface area contributed by atoms with Gasteiger partial charge in [0, 0.05) is 16.9 Å². The van der Waals surface area contributed by atoms with Crippen LogP contribution in [0.2, 0.25) is 0 Å². The van der Waals surface area contributed by atoms with Gasteiger partial charge in [0.15, 0.2) is 0 Å². The Morgan fingerprint density at radius 3 is 2.94 bits per heavy atom. The van der Waals surface area contributed by atoms with Crippen molar-refractivity contribution in [1.82, 2.24) is 15.3 Å². The van der Waals surface area contributed by atoms with Gasteiger partial charge in [0.05, 0.1) is 18.3 Å². The molecule has 0 aliphatic carbocycles. The average molecular weight is 296 g/mol. The molecule has 0 saturated heterocycles. The first-order valence-corrected chi connectivity index (χ1v) is 5.74. The second-order valence-corrected chi connectivity index (χ2v) is 4.35. The number of carbonyl (C=O) groups is 1. The summed E-state index contributed by atoms with van der Waals surface area (Å²) in [6, 6.07) is 1.70. The van der Waals surface area contributed by atoms with Crippen LogP contribution in [0.5, 0.6) is 0 Å². The molecule has 0 spiro atoms. The molecule has 2 aromatic heterocycles. The molecule has 0 atom stereocenters. The number of hydrogen-bond acceptors (Lipinski definition) is 4. The fraction of sp³-hybridized carbons (Fsp3) is 0.182. The molecule has 0 fully saturated rings. The van der Waals surface area contributed by atoms with Crippen molar-refractivity contribution in [2.24, 2.45) is 0 Å². The number of nitrogens with zero attached hydrogens (tertiary/aromatic N) is 2. The number of amides is 1. The lowest BCUT2D eigenvalue weighted by Crippen LogP contribution is -2.23. The Balaban J connectivity index is 1.98. The first-order chi connectivity index (χ1) is 8.15. The highest BCUT2D eigenvalue weighted by atomic mass is 79.9. The van der Waals surface area contributed by atoms with E-state index in [1.807, 2.05) is 0 Å². The molecule has 2 rings (SSSR count). The Bertz CT molecular complexity index is 539. The van der Waals surface area contributed by atoms with Gasteiger partial charge in [-0.3, -0.25) is 9.78 Å². The van der Waals surface area contributed by atoms with E-state index in [0.717, 1.165) is 10.2 Å². The van der Waals surface area contributed by atoms with Crippen LogP contribution in [0.15, 0.2) is 33.5 Å². The molecule has 1 amide bonds. The van der Waals surface area contributed by atoms with E-state index in [4.69, 9.17) is 4.42 Å². The van der Waals surface area contributed by atoms with Crippen molar-refractivity contribution >= 4 is 21.8 Å². The summed E-state index contributed by atoms with van der Waals surface area (Å²) in [5, 5.41) is 2.70. The molecule has 5 nitrogen and oxygen atoms in total. The predicted molar refractivity (Wildman–Crippen MR) is 64.3 cm³/mol. The largest absolute Gasteiger partial charge is 0.444 e. The first-order valence-electron chi connectivity index (χ1n) is 4.95. The SMILES string of the molecule is Cc1cnc(CNC(=O)c2cncc(Br)c2)o1. The second-order valence-electron chi connectivity index (χ2n) is 3.44. The molecule has 0 unspecified atom stereocenters. The van der Waals surface area contributed by atoms with E-state index >= 15 is 0 Å². The maximum atomic E-state index is 11.7. The van der Waals surface area contributed by atoms with E-state index in [1.54, 1.807) is 25.4 Å². The van der Waals surface area contributed by atoms with Crippen LogP contribution in [-0.4, -0.2) is 15.9 Å². The van der Waals surface area contributed by atoms with Gasteiger partial charge in [-0.05, 0) is 28.9 Å². The van der Waals surface area contributed by atoms with E-state index < -0.39 is 0 Å². The van der Waals surface area contributed by atoms with Crippen molar-refractivity contribution in [2.75, 3.05) is 0 Å². The van der Waals surface area contributed by atoms with Gasteiger partial charge in [-0.2, -0.15) is 0 Å². The van der Waals surface area contributed by atoms with Crippen molar-refractivity contribution in [3.05, 3.63) is 46.3 Å². The number of aryl methyl sites for hydroxylation is 1. The highest BCUT2D eigenvalue weighted by molar-refractivity contribution is 9.10. The fourth-order valence-corrected chi connectivity index (χ4v) is 1.64. The average Bonchev–Trinajstić information content (AvgIpc) is 2.72. The van der Waals surface area contributed by atoms with Crippen molar-refractivity contribution in [3.63, 3.8) is 0 Å². The summed E-state index contributed by atoms with van der Waals surface area (Å²) in [6.45, 7) is 2.07. The van der Waals surface area contributed by atoms with Crippen LogP contribution in [0.3, 0.4) is 0 Å². The van der Waals surface area contributed by atoms with Crippen LogP contribution in [0.4, 0.5) is 0 Å². The Morgan fingerprint density at radius 1 is 1.47 bits per heavy atom. The summed E-state index contributed by atoms with van der Waals surface area (Å²) in [6.07, 6.45) is 4.73. The van der Waals surface area contributed by atoms with E-state index in [-0.39, 0.29) is 12.5 Å². The number of hydrogen-bond donors (Lipinski definition) is 1. The molecule has 0 saturated carbocycles. The van der Waals surface area contributed by atoms with E-state index in [9.17, 15) is 4.79 Å². The molecule has 2 heterocycles. The lowest BCUT2D eigenvalue weighted by atomic mass is 10.3. The summed E-state index contributed by atoms with van der Waals surface area (Å²) in [5.41, 5.74) is 0.489. The maximum Gasteiger partial charge on any atom is 0.253 e. The summed E-state index contributed by atoms with van der Waals surface area (Å²) < 4.78 is 6.00. The molecule has 0 radical (unpaired) electrons. The molecule has 0 aromatic carbocycles. The third-order valence-corrected chi connectivity index (χ3v) is 2.47. The zero-order valence-corrected chi connectivity index (χ0v) is 10.7. The number of nitrogens with one attached hydrogen (secondary N) is 1. The van der Waals surface area contributed by atoms with Crippen molar-refractivity contribution < 1.29 is 9.21 Å². The van der Waals surface area contributed by atoms with Gasteiger partial charge in [0.1, 0.15) is 5.76 Å². The smallest absolute Gasteiger partial charge is 0.253 e. The second kappa shape index (κ2) is 5.09. The number of rotatable bonds is 3. The molecule has 1 N–H and O–H groups in total. The summed E-state index contributed by atoms with van der Waals surface area (Å²) in [5.74, 6) is 0.992. The molecule has 2 aromatic rings. The van der Waals surface area contributed by atoms with Gasteiger partial charge >= 0.3 is 0 Å². The van der Waals surface area contributed by atoms with Crippen LogP contribution in [-0.2, 0) is 6.54 Å². The predicted octanol–water partition coefficient (Wildman–Crippen LogP) is 2.07. The minimum absolute atomic E-state index is 0.213. The molecule has 0 aliphatic heterocycles. The van der Waals surface area contributed by atoms with Crippen LogP contribution in [0.25, 0.3) is 0 Å². The van der Waals surface area contributed by atoms with Gasteiger partial charge in [-0.15, -0.1) is 0 Å². The van der Waals surface area contributed by atoms with Gasteiger partial charge < -0.3 is 9.73 Å². The van der Waals surface area contributed by atoms with Crippen LogP contribution >= 0.6 is 15.9 Å². The van der Waals surface area contributed by atoms with E-state index in [2.05, 4.69) is 31.2 Å². The molecule has 17 heavy (non-hydrogen) atoms. The number of oxazole rings is 1. The third-order valence-electron chi connectivity index (χ3n) is 2.04. The van der Waals surface area contributed by atoms with Crippen molar-refractivity contribution in [1.29, 1.82) is 0 Å². The molecular weight excluding hydrogens is 286 g/mol. The minimum Gasteiger partial charge on any atom is -0.444 e. The summed E-state index contributed by atoms with van der Waals surface area (Å²) >= 11 is 3.26. The quantitative estimate of drug-likeness (QED) is 0.941. The third kappa shape index (κ3) is 3.13. The Labute approximate surface area is 106 Å². The number of pyridine rings is 1. The zero-order valence-electron chi connectivity index (χ0n) is 9.11. The lowest BCUT2D eigenvalue weighted by molar-refractivity contribution is 0.0946. The number of carbonyl (C=O) groups excluding carboxylic acids is 1. The summed E-state index contributed by atoms with van der Waals surface area (Å²) in [4.78, 5) is 19.6. The fourth-order valence-electron chi connectivity index (χ4n) is 1.28. The lowest BCUT2D eigenvalue weighted by Gasteiger charge is -2.02. The van der Waals surface area contributed by atoms with Crippen molar-refractivity contribution in [2.45, 2.75) is 13.5 Å². The van der Waals surface area contributed by atoms with Crippen LogP contribution in [0, 0.1) is 6.92 Å². The Hall–Kier alpha value is -1.69. The molecule has 6 heteroatoms. The number of aromatic nitrogens is 2. The molecular formula is C11H10BrN3O2. The van der Waals surface area contributed by atoms with Crippen molar-refractivity contribution in [3.8, 4) is 0 Å². The Kier molecular flexibility index (Phi) is 3.53. The van der Waals surface area contributed by atoms with E-state index in [0.29, 0.717) is 11.5 Å². The zero-order chi connectivity index (χ0) is 12.3. The topological polar surface area (TPSA) is 68.0 Å². The highest BCUT2D eigenvalue weighted by Gasteiger charge is 2.08. The monoisotopic (exact) mass is 295 g/mol. The highest BCUT2D eigenvalue weighted by Crippen LogP contribution is 2.09.